The standard InChI is InChI=1S/C13H13ClFN3O3S/c1-3-7(2)21-12(19)6-22-11-4-8(13(20)17-18-16)10(15)5-9(11)14/h4-5,7H,3,6H2,1-2H3. The zero-order valence-electron chi connectivity index (χ0n) is 11.9. The molecule has 0 radical (unpaired) electrons. The number of hydrogen-bond acceptors (Lipinski definition) is 4. The number of azide groups is 1. The SMILES string of the molecule is CCC(C)OC(=O)CSc1cc(C(=O)N=[N+]=[N-])c(F)cc1Cl. The molecule has 9 heteroatoms. The number of halogens is 2. The first-order valence-corrected chi connectivity index (χ1v) is 7.66. The van der Waals surface area contributed by atoms with Crippen LogP contribution in [0.1, 0.15) is 30.6 Å². The molecule has 1 aromatic rings. The van der Waals surface area contributed by atoms with Gasteiger partial charge in [-0.15, -0.1) is 11.8 Å². The smallest absolute Gasteiger partial charge is 0.316 e. The van der Waals surface area contributed by atoms with Crippen molar-refractivity contribution in [3.63, 3.8) is 0 Å². The molecule has 0 spiro atoms. The molecule has 0 aliphatic carbocycles. The van der Waals surface area contributed by atoms with Crippen LogP contribution < -0.4 is 0 Å². The lowest BCUT2D eigenvalue weighted by molar-refractivity contribution is -0.144. The van der Waals surface area contributed by atoms with Crippen LogP contribution in [0.2, 0.25) is 5.02 Å². The molecule has 1 aromatic carbocycles. The van der Waals surface area contributed by atoms with Crippen LogP contribution in [-0.2, 0) is 9.53 Å². The second-order valence-corrected chi connectivity index (χ2v) is 5.68. The van der Waals surface area contributed by atoms with Gasteiger partial charge in [-0.05, 0) is 36.1 Å². The topological polar surface area (TPSA) is 92.1 Å². The van der Waals surface area contributed by atoms with E-state index in [1.54, 1.807) is 6.92 Å². The lowest BCUT2D eigenvalue weighted by atomic mass is 10.2. The number of amides is 1. The van der Waals surface area contributed by atoms with E-state index in [1.807, 2.05) is 6.92 Å². The molecule has 0 fully saturated rings. The third-order valence-corrected chi connectivity index (χ3v) is 4.09. The van der Waals surface area contributed by atoms with Crippen molar-refractivity contribution in [1.82, 2.24) is 0 Å². The number of rotatable bonds is 6. The zero-order chi connectivity index (χ0) is 16.7. The van der Waals surface area contributed by atoms with Crippen molar-refractivity contribution in [3.05, 3.63) is 39.0 Å². The Balaban J connectivity index is 2.87. The van der Waals surface area contributed by atoms with E-state index in [0.717, 1.165) is 23.9 Å². The van der Waals surface area contributed by atoms with Gasteiger partial charge in [-0.1, -0.05) is 18.5 Å². The molecular weight excluding hydrogens is 333 g/mol. The fourth-order valence-electron chi connectivity index (χ4n) is 1.38. The van der Waals surface area contributed by atoms with Crippen molar-refractivity contribution in [1.29, 1.82) is 0 Å². The summed E-state index contributed by atoms with van der Waals surface area (Å²) in [5.74, 6) is -2.43. The van der Waals surface area contributed by atoms with Gasteiger partial charge < -0.3 is 4.74 Å². The molecule has 0 saturated carbocycles. The molecule has 1 amide bonds. The van der Waals surface area contributed by atoms with E-state index < -0.39 is 23.3 Å². The van der Waals surface area contributed by atoms with Crippen molar-refractivity contribution in [2.45, 2.75) is 31.3 Å². The zero-order valence-corrected chi connectivity index (χ0v) is 13.4. The minimum atomic E-state index is -1.05. The Bertz CT molecular complexity index is 635. The van der Waals surface area contributed by atoms with E-state index in [9.17, 15) is 14.0 Å². The normalized spacial score (nSPS) is 11.5. The van der Waals surface area contributed by atoms with Crippen LogP contribution in [0.15, 0.2) is 22.1 Å². The summed E-state index contributed by atoms with van der Waals surface area (Å²) in [7, 11) is 0. The number of nitrogens with zero attached hydrogens (tertiary/aromatic N) is 3. The van der Waals surface area contributed by atoms with E-state index in [2.05, 4.69) is 10.0 Å². The molecule has 1 atom stereocenters. The lowest BCUT2D eigenvalue weighted by Crippen LogP contribution is -2.15. The van der Waals surface area contributed by atoms with Crippen molar-refractivity contribution < 1.29 is 18.7 Å². The molecule has 0 saturated heterocycles. The Morgan fingerprint density at radius 2 is 2.23 bits per heavy atom. The number of esters is 1. The lowest BCUT2D eigenvalue weighted by Gasteiger charge is -2.11. The van der Waals surface area contributed by atoms with Crippen LogP contribution >= 0.6 is 23.4 Å². The van der Waals surface area contributed by atoms with Gasteiger partial charge >= 0.3 is 5.97 Å². The quantitative estimate of drug-likeness (QED) is 0.252. The van der Waals surface area contributed by atoms with Gasteiger partial charge in [0.05, 0.1) is 22.4 Å². The second-order valence-electron chi connectivity index (χ2n) is 4.25. The van der Waals surface area contributed by atoms with Crippen LogP contribution in [0, 0.1) is 5.82 Å². The van der Waals surface area contributed by atoms with Crippen molar-refractivity contribution in [2.75, 3.05) is 5.75 Å². The Labute approximate surface area is 135 Å². The Hall–Kier alpha value is -1.76. The van der Waals surface area contributed by atoms with Gasteiger partial charge in [0.2, 0.25) is 0 Å². The monoisotopic (exact) mass is 345 g/mol. The van der Waals surface area contributed by atoms with Crippen molar-refractivity contribution >= 4 is 35.2 Å². The largest absolute Gasteiger partial charge is 0.462 e. The van der Waals surface area contributed by atoms with Gasteiger partial charge in [-0.25, -0.2) is 4.39 Å². The number of ether oxygens (including phenoxy) is 1. The maximum absolute atomic E-state index is 13.6. The van der Waals surface area contributed by atoms with Crippen LogP contribution in [-0.4, -0.2) is 23.7 Å². The number of hydrogen-bond donors (Lipinski definition) is 0. The molecule has 1 unspecified atom stereocenters. The van der Waals surface area contributed by atoms with Gasteiger partial charge in [0, 0.05) is 9.81 Å². The highest BCUT2D eigenvalue weighted by Gasteiger charge is 2.16. The van der Waals surface area contributed by atoms with E-state index >= 15 is 0 Å². The predicted octanol–water partition coefficient (Wildman–Crippen LogP) is 4.36. The predicted molar refractivity (Wildman–Crippen MR) is 81.5 cm³/mol. The Morgan fingerprint density at radius 1 is 1.55 bits per heavy atom. The Morgan fingerprint density at radius 3 is 2.82 bits per heavy atom. The highest BCUT2D eigenvalue weighted by Crippen LogP contribution is 2.30. The maximum atomic E-state index is 13.6. The van der Waals surface area contributed by atoms with E-state index in [4.69, 9.17) is 21.9 Å². The molecule has 0 aromatic heterocycles. The summed E-state index contributed by atoms with van der Waals surface area (Å²) in [6.07, 6.45) is 0.498. The Kier molecular flexibility index (Phi) is 7.17. The first-order chi connectivity index (χ1) is 10.4. The van der Waals surface area contributed by atoms with Crippen LogP contribution in [0.5, 0.6) is 0 Å². The number of benzene rings is 1. The highest BCUT2D eigenvalue weighted by molar-refractivity contribution is 8.00. The summed E-state index contributed by atoms with van der Waals surface area (Å²) in [6.45, 7) is 3.65. The van der Waals surface area contributed by atoms with Gasteiger partial charge in [-0.2, -0.15) is 0 Å². The van der Waals surface area contributed by atoms with Gasteiger partial charge in [0.25, 0.3) is 5.91 Å². The molecule has 0 aliphatic heterocycles. The molecule has 6 nitrogen and oxygen atoms in total. The average Bonchev–Trinajstić information content (AvgIpc) is 2.46. The molecule has 1 rings (SSSR count). The molecule has 0 bridgehead atoms. The van der Waals surface area contributed by atoms with Gasteiger partial charge in [-0.3, -0.25) is 9.59 Å². The molecule has 0 N–H and O–H groups in total. The fourth-order valence-corrected chi connectivity index (χ4v) is 2.43. The van der Waals surface area contributed by atoms with Crippen LogP contribution in [0.4, 0.5) is 4.39 Å². The molecule has 22 heavy (non-hydrogen) atoms. The van der Waals surface area contributed by atoms with Crippen LogP contribution in [0.25, 0.3) is 10.4 Å². The van der Waals surface area contributed by atoms with E-state index in [0.29, 0.717) is 11.3 Å². The first-order valence-electron chi connectivity index (χ1n) is 6.29. The average molecular weight is 346 g/mol. The van der Waals surface area contributed by atoms with Gasteiger partial charge in [0.15, 0.2) is 0 Å². The highest BCUT2D eigenvalue weighted by atomic mass is 35.5. The van der Waals surface area contributed by atoms with Crippen molar-refractivity contribution in [3.8, 4) is 0 Å². The molecule has 0 aliphatic rings. The summed E-state index contributed by atoms with van der Waals surface area (Å²) in [6, 6.07) is 2.08. The number of carbonyl (C=O) groups is 2. The minimum Gasteiger partial charge on any atom is -0.462 e. The van der Waals surface area contributed by atoms with E-state index in [-0.39, 0.29) is 16.9 Å². The van der Waals surface area contributed by atoms with E-state index in [1.165, 1.54) is 0 Å². The first kappa shape index (κ1) is 18.3. The summed E-state index contributed by atoms with van der Waals surface area (Å²) in [5, 5.41) is 2.88. The summed E-state index contributed by atoms with van der Waals surface area (Å²) in [5.41, 5.74) is 7.82. The fraction of sp³-hybridized carbons (Fsp3) is 0.385. The molecular formula is C13H13ClFN3O3S. The number of thioether (sulfide) groups is 1. The summed E-state index contributed by atoms with van der Waals surface area (Å²) >= 11 is 6.88. The van der Waals surface area contributed by atoms with Gasteiger partial charge in [0.1, 0.15) is 5.82 Å². The summed E-state index contributed by atoms with van der Waals surface area (Å²) < 4.78 is 18.7. The van der Waals surface area contributed by atoms with Crippen LogP contribution in [0.3, 0.4) is 0 Å². The van der Waals surface area contributed by atoms with Crippen molar-refractivity contribution in [2.24, 2.45) is 5.11 Å². The minimum absolute atomic E-state index is 0.0369. The molecule has 118 valence electrons. The number of carbonyl (C=O) groups excluding carboxylic acids is 2. The third kappa shape index (κ3) is 5.22. The second kappa shape index (κ2) is 8.63. The molecule has 0 heterocycles. The third-order valence-electron chi connectivity index (χ3n) is 2.64. The maximum Gasteiger partial charge on any atom is 0.316 e. The summed E-state index contributed by atoms with van der Waals surface area (Å²) in [4.78, 5) is 25.7.